The third-order valence-electron chi connectivity index (χ3n) is 3.19. The number of halogens is 1. The average molecular weight is 388 g/mol. The van der Waals surface area contributed by atoms with Crippen molar-refractivity contribution in [3.63, 3.8) is 0 Å². The standard InChI is InChI=1S/C13H10ClN3O7S/c1-7-4-8(2-3-13(7)25(22,23)24)15-10-5-9(14)11(16(18)19)6-12(10)17(20)21/h2-6,15H,1H3,(H,22,23,24). The van der Waals surface area contributed by atoms with E-state index in [0.717, 1.165) is 18.2 Å². The number of nitro benzene ring substituents is 2. The van der Waals surface area contributed by atoms with Gasteiger partial charge in [0.25, 0.3) is 21.5 Å². The van der Waals surface area contributed by atoms with E-state index in [9.17, 15) is 28.6 Å². The van der Waals surface area contributed by atoms with Gasteiger partial charge in [0, 0.05) is 5.69 Å². The highest BCUT2D eigenvalue weighted by atomic mass is 35.5. The first-order chi connectivity index (χ1) is 11.5. The number of nitro groups is 2. The van der Waals surface area contributed by atoms with Crippen LogP contribution in [0.15, 0.2) is 35.2 Å². The molecule has 12 heteroatoms. The third-order valence-corrected chi connectivity index (χ3v) is 4.51. The highest BCUT2D eigenvalue weighted by Gasteiger charge is 2.24. The van der Waals surface area contributed by atoms with Crippen LogP contribution in [0, 0.1) is 27.2 Å². The molecule has 0 aliphatic carbocycles. The summed E-state index contributed by atoms with van der Waals surface area (Å²) in [5.41, 5.74) is -0.842. The molecule has 0 amide bonds. The molecule has 2 aromatic rings. The van der Waals surface area contributed by atoms with Gasteiger partial charge in [-0.05, 0) is 36.8 Å². The van der Waals surface area contributed by atoms with Crippen molar-refractivity contribution in [2.75, 3.05) is 5.32 Å². The number of rotatable bonds is 5. The van der Waals surface area contributed by atoms with Crippen molar-refractivity contribution in [3.05, 3.63) is 61.1 Å². The smallest absolute Gasteiger partial charge is 0.299 e. The number of hydrogen-bond donors (Lipinski definition) is 2. The maximum absolute atomic E-state index is 11.2. The summed E-state index contributed by atoms with van der Waals surface area (Å²) in [5, 5.41) is 24.3. The highest BCUT2D eigenvalue weighted by Crippen LogP contribution is 2.37. The number of anilines is 2. The third kappa shape index (κ3) is 4.02. The second kappa shape index (κ2) is 6.63. The van der Waals surface area contributed by atoms with Gasteiger partial charge in [-0.1, -0.05) is 11.6 Å². The van der Waals surface area contributed by atoms with Gasteiger partial charge in [-0.25, -0.2) is 0 Å². The Morgan fingerprint density at radius 1 is 1.08 bits per heavy atom. The second-order valence-corrected chi connectivity index (χ2v) is 6.71. The zero-order valence-electron chi connectivity index (χ0n) is 12.5. The number of nitrogens with zero attached hydrogens (tertiary/aromatic N) is 2. The molecule has 0 saturated carbocycles. The maximum Gasteiger partial charge on any atom is 0.299 e. The van der Waals surface area contributed by atoms with Gasteiger partial charge >= 0.3 is 0 Å². The molecule has 0 aromatic heterocycles. The summed E-state index contributed by atoms with van der Waals surface area (Å²) in [6, 6.07) is 5.48. The lowest BCUT2D eigenvalue weighted by Gasteiger charge is -2.10. The van der Waals surface area contributed by atoms with Crippen molar-refractivity contribution in [2.45, 2.75) is 11.8 Å². The minimum absolute atomic E-state index is 0.111. The molecule has 2 aromatic carbocycles. The quantitative estimate of drug-likeness (QED) is 0.449. The highest BCUT2D eigenvalue weighted by molar-refractivity contribution is 7.85. The first-order valence-corrected chi connectivity index (χ1v) is 8.30. The van der Waals surface area contributed by atoms with Crippen LogP contribution in [0.25, 0.3) is 0 Å². The second-order valence-electron chi connectivity index (χ2n) is 4.92. The van der Waals surface area contributed by atoms with E-state index in [2.05, 4.69) is 5.32 Å². The Balaban J connectivity index is 2.50. The SMILES string of the molecule is Cc1cc(Nc2cc(Cl)c([N+](=O)[O-])cc2[N+](=O)[O-])ccc1S(=O)(=O)O. The fraction of sp³-hybridized carbons (Fsp3) is 0.0769. The van der Waals surface area contributed by atoms with Gasteiger partial charge in [-0.15, -0.1) is 0 Å². The molecule has 0 atom stereocenters. The van der Waals surface area contributed by atoms with Crippen molar-refractivity contribution in [1.82, 2.24) is 0 Å². The summed E-state index contributed by atoms with van der Waals surface area (Å²) >= 11 is 5.77. The minimum atomic E-state index is -4.40. The fourth-order valence-electron chi connectivity index (χ4n) is 2.11. The molecular formula is C13H10ClN3O7S. The maximum atomic E-state index is 11.2. The number of benzene rings is 2. The molecule has 0 radical (unpaired) electrons. The molecule has 0 unspecified atom stereocenters. The lowest BCUT2D eigenvalue weighted by Crippen LogP contribution is -2.03. The van der Waals surface area contributed by atoms with E-state index < -0.39 is 31.3 Å². The van der Waals surface area contributed by atoms with E-state index in [1.807, 2.05) is 0 Å². The van der Waals surface area contributed by atoms with Crippen LogP contribution < -0.4 is 5.32 Å². The van der Waals surface area contributed by atoms with Crippen LogP contribution in [-0.4, -0.2) is 22.8 Å². The summed E-state index contributed by atoms with van der Waals surface area (Å²) < 4.78 is 31.4. The van der Waals surface area contributed by atoms with Crippen LogP contribution in [0.3, 0.4) is 0 Å². The molecule has 10 nitrogen and oxygen atoms in total. The Bertz CT molecular complexity index is 991. The van der Waals surface area contributed by atoms with Crippen LogP contribution >= 0.6 is 11.6 Å². The van der Waals surface area contributed by atoms with Crippen molar-refractivity contribution >= 4 is 44.5 Å². The Morgan fingerprint density at radius 2 is 1.68 bits per heavy atom. The van der Waals surface area contributed by atoms with Gasteiger partial charge in [0.1, 0.15) is 10.7 Å². The molecule has 0 spiro atoms. The van der Waals surface area contributed by atoms with Crippen LogP contribution in [0.4, 0.5) is 22.7 Å². The number of hydrogen-bond acceptors (Lipinski definition) is 7. The Kier molecular flexibility index (Phi) is 4.92. The molecule has 0 heterocycles. The molecule has 2 N–H and O–H groups in total. The van der Waals surface area contributed by atoms with E-state index in [1.165, 1.54) is 19.1 Å². The van der Waals surface area contributed by atoms with Gasteiger partial charge < -0.3 is 5.32 Å². The molecule has 0 aliphatic heterocycles. The van der Waals surface area contributed by atoms with Crippen molar-refractivity contribution in [2.24, 2.45) is 0 Å². The van der Waals surface area contributed by atoms with Gasteiger partial charge in [0.2, 0.25) is 0 Å². The Hall–Kier alpha value is -2.76. The van der Waals surface area contributed by atoms with Crippen LogP contribution in [-0.2, 0) is 10.1 Å². The zero-order chi connectivity index (χ0) is 18.9. The normalized spacial score (nSPS) is 11.2. The minimum Gasteiger partial charge on any atom is -0.350 e. The summed E-state index contributed by atoms with van der Waals surface area (Å²) in [4.78, 5) is 20.0. The van der Waals surface area contributed by atoms with Gasteiger partial charge in [0.05, 0.1) is 20.8 Å². The molecule has 0 aliphatic rings. The molecule has 0 saturated heterocycles. The van der Waals surface area contributed by atoms with Crippen LogP contribution in [0.1, 0.15) is 5.56 Å². The van der Waals surface area contributed by atoms with Crippen molar-refractivity contribution in [3.8, 4) is 0 Å². The first-order valence-electron chi connectivity index (χ1n) is 6.48. The van der Waals surface area contributed by atoms with Crippen molar-refractivity contribution in [1.29, 1.82) is 0 Å². The van der Waals surface area contributed by atoms with E-state index in [0.29, 0.717) is 0 Å². The monoisotopic (exact) mass is 387 g/mol. The number of nitrogens with one attached hydrogen (secondary N) is 1. The molecule has 132 valence electrons. The zero-order valence-corrected chi connectivity index (χ0v) is 14.0. The molecule has 0 fully saturated rings. The largest absolute Gasteiger partial charge is 0.350 e. The summed E-state index contributed by atoms with van der Waals surface area (Å²) in [6.45, 7) is 1.42. The molecule has 0 bridgehead atoms. The Morgan fingerprint density at radius 3 is 2.16 bits per heavy atom. The van der Waals surface area contributed by atoms with Gasteiger partial charge in [-0.2, -0.15) is 8.42 Å². The average Bonchev–Trinajstić information content (AvgIpc) is 2.45. The van der Waals surface area contributed by atoms with Gasteiger partial charge in [-0.3, -0.25) is 24.8 Å². The van der Waals surface area contributed by atoms with E-state index in [4.69, 9.17) is 16.2 Å². The van der Waals surface area contributed by atoms with Crippen molar-refractivity contribution < 1.29 is 22.8 Å². The van der Waals surface area contributed by atoms with Crippen LogP contribution in [0.5, 0.6) is 0 Å². The topological polar surface area (TPSA) is 153 Å². The predicted molar refractivity (Wildman–Crippen MR) is 89.0 cm³/mol. The van der Waals surface area contributed by atoms with E-state index in [1.54, 1.807) is 0 Å². The molecular weight excluding hydrogens is 378 g/mol. The molecule has 2 rings (SSSR count). The summed E-state index contributed by atoms with van der Waals surface area (Å²) in [6.07, 6.45) is 0. The lowest BCUT2D eigenvalue weighted by atomic mass is 10.2. The Labute approximate surface area is 146 Å². The van der Waals surface area contributed by atoms with Gasteiger partial charge in [0.15, 0.2) is 0 Å². The fourth-order valence-corrected chi connectivity index (χ4v) is 3.05. The predicted octanol–water partition coefficient (Wildman–Crippen LogP) is 3.46. The lowest BCUT2D eigenvalue weighted by molar-refractivity contribution is -0.393. The van der Waals surface area contributed by atoms with E-state index in [-0.39, 0.29) is 26.9 Å². The first kappa shape index (κ1) is 18.6. The van der Waals surface area contributed by atoms with Crippen LogP contribution in [0.2, 0.25) is 5.02 Å². The van der Waals surface area contributed by atoms with E-state index >= 15 is 0 Å². The summed E-state index contributed by atoms with van der Waals surface area (Å²) in [7, 11) is -4.40. The summed E-state index contributed by atoms with van der Waals surface area (Å²) in [5.74, 6) is 0. The number of aryl methyl sites for hydroxylation is 1. The molecule has 25 heavy (non-hydrogen) atoms.